The van der Waals surface area contributed by atoms with Crippen molar-refractivity contribution in [1.82, 2.24) is 0 Å². The Kier molecular flexibility index (Phi) is 9.28. The van der Waals surface area contributed by atoms with E-state index in [0.29, 0.717) is 5.75 Å². The Morgan fingerprint density at radius 1 is 0.727 bits per heavy atom. The second kappa shape index (κ2) is 12.8. The molecule has 0 saturated carbocycles. The normalized spacial score (nSPS) is 32.4. The molecule has 0 bridgehead atoms. The van der Waals surface area contributed by atoms with E-state index < -0.39 is 96.9 Å². The molecule has 3 heterocycles. The standard InChI is InChI=1S/C28H32O16/c1-39-11-4-2-10(3-5-11)25-26(44-28-24(38)22(36)19(33)16(9-30)43-28)20(34)17-13(31)6-12(7-14(17)41-25)40-27-23(37)21(35)18(32)15(8-29)42-27/h2-7,15-16,18-19,21-24,27-33,35-38H,8-9H2,1H3/t15?,16?,18-,19-,21+,22?,23?,24?,27-,28+/m1/s1. The number of benzene rings is 2. The first-order valence-electron chi connectivity index (χ1n) is 13.4. The second-order valence-electron chi connectivity index (χ2n) is 10.3. The third-order valence-corrected chi connectivity index (χ3v) is 7.44. The number of rotatable bonds is 8. The molecule has 3 aromatic rings. The average molecular weight is 625 g/mol. The molecule has 2 saturated heterocycles. The largest absolute Gasteiger partial charge is 0.507 e. The number of ether oxygens (including phenoxy) is 5. The minimum atomic E-state index is -1.87. The van der Waals surface area contributed by atoms with Crippen LogP contribution in [0.25, 0.3) is 22.3 Å². The number of hydrogen-bond donors (Lipinski definition) is 9. The summed E-state index contributed by atoms with van der Waals surface area (Å²) in [6.07, 6.45) is -16.5. The van der Waals surface area contributed by atoms with Crippen LogP contribution in [0.15, 0.2) is 45.6 Å². The van der Waals surface area contributed by atoms with E-state index >= 15 is 0 Å². The van der Waals surface area contributed by atoms with Crippen molar-refractivity contribution in [2.24, 2.45) is 0 Å². The summed E-state index contributed by atoms with van der Waals surface area (Å²) in [4.78, 5) is 13.8. The van der Waals surface area contributed by atoms with Crippen LogP contribution in [0.3, 0.4) is 0 Å². The van der Waals surface area contributed by atoms with Gasteiger partial charge in [0.15, 0.2) is 5.76 Å². The summed E-state index contributed by atoms with van der Waals surface area (Å²) in [5.74, 6) is -1.22. The van der Waals surface area contributed by atoms with Gasteiger partial charge >= 0.3 is 0 Å². The highest BCUT2D eigenvalue weighted by atomic mass is 16.7. The van der Waals surface area contributed by atoms with E-state index in [0.717, 1.165) is 6.07 Å². The van der Waals surface area contributed by atoms with Gasteiger partial charge in [-0.05, 0) is 24.3 Å². The zero-order valence-electron chi connectivity index (χ0n) is 23.0. The van der Waals surface area contributed by atoms with Gasteiger partial charge in [-0.1, -0.05) is 0 Å². The van der Waals surface area contributed by atoms with Crippen molar-refractivity contribution in [1.29, 1.82) is 0 Å². The molecule has 2 fully saturated rings. The monoisotopic (exact) mass is 624 g/mol. The highest BCUT2D eigenvalue weighted by Crippen LogP contribution is 2.38. The van der Waals surface area contributed by atoms with Gasteiger partial charge in [0.25, 0.3) is 0 Å². The number of hydrogen-bond acceptors (Lipinski definition) is 16. The molecule has 2 aliphatic heterocycles. The van der Waals surface area contributed by atoms with Gasteiger partial charge in [-0.25, -0.2) is 0 Å². The SMILES string of the molecule is COc1ccc(-c2oc3cc(O[C@@H]4OC(CO)[C@@H](O)[C@H](O)C4O)cc(O)c3c(=O)c2O[C@@H]2OC(CO)[C@@H](O)C(O)C2O)cc1. The Balaban J connectivity index is 1.58. The summed E-state index contributed by atoms with van der Waals surface area (Å²) in [5.41, 5.74) is -0.948. The van der Waals surface area contributed by atoms with E-state index in [4.69, 9.17) is 28.1 Å². The third kappa shape index (κ3) is 5.80. The Morgan fingerprint density at radius 2 is 1.27 bits per heavy atom. The molecule has 5 unspecified atom stereocenters. The lowest BCUT2D eigenvalue weighted by atomic mass is 9.99. The summed E-state index contributed by atoms with van der Waals surface area (Å²) in [5, 5.41) is 90.7. The van der Waals surface area contributed by atoms with Gasteiger partial charge in [0.1, 0.15) is 77.0 Å². The average Bonchev–Trinajstić information content (AvgIpc) is 3.02. The van der Waals surface area contributed by atoms with Crippen molar-refractivity contribution >= 4 is 11.0 Å². The number of phenolic OH excluding ortho intramolecular Hbond substituents is 1. The van der Waals surface area contributed by atoms with Crippen molar-refractivity contribution < 1.29 is 74.1 Å². The van der Waals surface area contributed by atoms with E-state index in [2.05, 4.69) is 0 Å². The number of fused-ring (bicyclic) bond motifs is 1. The zero-order valence-corrected chi connectivity index (χ0v) is 23.0. The Hall–Kier alpha value is -3.55. The van der Waals surface area contributed by atoms with Crippen LogP contribution in [0, 0.1) is 0 Å². The lowest BCUT2D eigenvalue weighted by Gasteiger charge is -2.39. The van der Waals surface area contributed by atoms with Gasteiger partial charge in [0.05, 0.1) is 20.3 Å². The van der Waals surface area contributed by atoms with Gasteiger partial charge in [0.2, 0.25) is 23.8 Å². The molecule has 16 heteroatoms. The highest BCUT2D eigenvalue weighted by Gasteiger charge is 2.46. The fraction of sp³-hybridized carbons (Fsp3) is 0.464. The van der Waals surface area contributed by atoms with Gasteiger partial charge in [-0.15, -0.1) is 0 Å². The van der Waals surface area contributed by atoms with Gasteiger partial charge in [-0.2, -0.15) is 0 Å². The maximum absolute atomic E-state index is 13.8. The van der Waals surface area contributed by atoms with Crippen LogP contribution in [-0.4, -0.2) is 128 Å². The molecule has 0 radical (unpaired) electrons. The van der Waals surface area contributed by atoms with Crippen LogP contribution < -0.4 is 19.6 Å². The van der Waals surface area contributed by atoms with Crippen LogP contribution in [0.5, 0.6) is 23.0 Å². The van der Waals surface area contributed by atoms with E-state index in [1.54, 1.807) is 12.1 Å². The van der Waals surface area contributed by atoms with E-state index in [1.807, 2.05) is 0 Å². The van der Waals surface area contributed by atoms with Crippen molar-refractivity contribution in [3.8, 4) is 34.3 Å². The summed E-state index contributed by atoms with van der Waals surface area (Å²) in [6.45, 7) is -1.45. The molecule has 9 N–H and O–H groups in total. The lowest BCUT2D eigenvalue weighted by molar-refractivity contribution is -0.277. The highest BCUT2D eigenvalue weighted by molar-refractivity contribution is 5.88. The lowest BCUT2D eigenvalue weighted by Crippen LogP contribution is -2.60. The summed E-state index contributed by atoms with van der Waals surface area (Å²) in [7, 11) is 1.44. The van der Waals surface area contributed by atoms with Crippen molar-refractivity contribution in [3.63, 3.8) is 0 Å². The predicted molar refractivity (Wildman–Crippen MR) is 145 cm³/mol. The van der Waals surface area contributed by atoms with Crippen LogP contribution in [0.1, 0.15) is 0 Å². The predicted octanol–water partition coefficient (Wildman–Crippen LogP) is -2.47. The summed E-state index contributed by atoms with van der Waals surface area (Å²) in [6, 6.07) is 8.27. The molecule has 44 heavy (non-hydrogen) atoms. The summed E-state index contributed by atoms with van der Waals surface area (Å²) < 4.78 is 33.2. The number of aromatic hydroxyl groups is 1. The molecule has 10 atom stereocenters. The van der Waals surface area contributed by atoms with Gasteiger partial charge in [0, 0.05) is 17.7 Å². The fourth-order valence-corrected chi connectivity index (χ4v) is 4.95. The molecule has 2 aliphatic rings. The number of aliphatic hydroxyl groups is 8. The first kappa shape index (κ1) is 31.9. The summed E-state index contributed by atoms with van der Waals surface area (Å²) >= 11 is 0. The number of aliphatic hydroxyl groups excluding tert-OH is 8. The molecule has 0 spiro atoms. The van der Waals surface area contributed by atoms with Crippen molar-refractivity contribution in [2.75, 3.05) is 20.3 Å². The minimum Gasteiger partial charge on any atom is -0.507 e. The van der Waals surface area contributed by atoms with Gasteiger partial charge < -0.3 is 74.1 Å². The molecule has 0 aliphatic carbocycles. The van der Waals surface area contributed by atoms with Crippen molar-refractivity contribution in [3.05, 3.63) is 46.6 Å². The molecular formula is C28H32O16. The molecule has 2 aromatic carbocycles. The number of methoxy groups -OCH3 is 1. The molecule has 16 nitrogen and oxygen atoms in total. The minimum absolute atomic E-state index is 0.203. The molecule has 1 aromatic heterocycles. The molecule has 240 valence electrons. The quantitative estimate of drug-likeness (QED) is 0.126. The van der Waals surface area contributed by atoms with Crippen molar-refractivity contribution in [2.45, 2.75) is 61.4 Å². The zero-order chi connectivity index (χ0) is 31.9. The topological polar surface area (TPSA) is 258 Å². The molecule has 5 rings (SSSR count). The Morgan fingerprint density at radius 3 is 1.80 bits per heavy atom. The van der Waals surface area contributed by atoms with Crippen LogP contribution in [0.4, 0.5) is 0 Å². The third-order valence-electron chi connectivity index (χ3n) is 7.44. The maximum atomic E-state index is 13.8. The van der Waals surface area contributed by atoms with E-state index in [-0.39, 0.29) is 22.7 Å². The van der Waals surface area contributed by atoms with Crippen LogP contribution >= 0.6 is 0 Å². The first-order chi connectivity index (χ1) is 21.0. The first-order valence-corrected chi connectivity index (χ1v) is 13.4. The van der Waals surface area contributed by atoms with E-state index in [1.165, 1.54) is 25.3 Å². The molecule has 0 amide bonds. The molecular weight excluding hydrogens is 592 g/mol. The van der Waals surface area contributed by atoms with Gasteiger partial charge in [-0.3, -0.25) is 4.79 Å². The van der Waals surface area contributed by atoms with Crippen LogP contribution in [-0.2, 0) is 9.47 Å². The van der Waals surface area contributed by atoms with Crippen LogP contribution in [0.2, 0.25) is 0 Å². The Bertz CT molecular complexity index is 1500. The number of phenols is 1. The fourth-order valence-electron chi connectivity index (χ4n) is 4.95. The second-order valence-corrected chi connectivity index (χ2v) is 10.3. The Labute approximate surface area is 248 Å². The maximum Gasteiger partial charge on any atom is 0.239 e. The van der Waals surface area contributed by atoms with E-state index in [9.17, 15) is 50.8 Å². The smallest absolute Gasteiger partial charge is 0.239 e.